The molecule has 0 atom stereocenters. The van der Waals surface area contributed by atoms with Crippen molar-refractivity contribution in [3.8, 4) is 17.2 Å². The fourth-order valence-electron chi connectivity index (χ4n) is 5.81. The molecule has 3 aromatic rings. The smallest absolute Gasteiger partial charge is 0.173 e. The molecule has 3 aromatic carbocycles. The van der Waals surface area contributed by atoms with Crippen molar-refractivity contribution in [3.05, 3.63) is 95.1 Å². The van der Waals surface area contributed by atoms with Crippen LogP contribution in [0.25, 0.3) is 0 Å². The van der Waals surface area contributed by atoms with E-state index in [0.29, 0.717) is 0 Å². The van der Waals surface area contributed by atoms with Crippen LogP contribution in [0, 0.1) is 0 Å². The molecule has 0 radical (unpaired) electrons. The maximum absolute atomic E-state index is 6.05. The lowest BCUT2D eigenvalue weighted by Crippen LogP contribution is -2.70. The monoisotopic (exact) mass is 470 g/mol. The van der Waals surface area contributed by atoms with Crippen molar-refractivity contribution in [2.75, 3.05) is 21.3 Å². The van der Waals surface area contributed by atoms with Crippen LogP contribution in [0.1, 0.15) is 27.7 Å². The lowest BCUT2D eigenvalue weighted by molar-refractivity contribution is 0.415. The molecule has 4 rings (SSSR count). The van der Waals surface area contributed by atoms with Gasteiger partial charge in [-0.3, -0.25) is 0 Å². The highest BCUT2D eigenvalue weighted by Gasteiger charge is 2.54. The number of methoxy groups -OCH3 is 3. The van der Waals surface area contributed by atoms with E-state index >= 15 is 0 Å². The van der Waals surface area contributed by atoms with Gasteiger partial charge in [-0.05, 0) is 72.6 Å². The highest BCUT2D eigenvalue weighted by Crippen LogP contribution is 2.48. The molecule has 0 N–H and O–H groups in total. The van der Waals surface area contributed by atoms with Gasteiger partial charge in [0.2, 0.25) is 0 Å². The van der Waals surface area contributed by atoms with Gasteiger partial charge in [0.15, 0.2) is 8.07 Å². The number of hydrogen-bond donors (Lipinski definition) is 0. The summed E-state index contributed by atoms with van der Waals surface area (Å²) in [7, 11) is 2.40. The molecule has 1 aliphatic rings. The Hall–Kier alpha value is -3.24. The van der Waals surface area contributed by atoms with E-state index < -0.39 is 8.07 Å². The minimum absolute atomic E-state index is 0.191. The Balaban J connectivity index is 2.30. The van der Waals surface area contributed by atoms with Crippen LogP contribution in [-0.2, 0) is 0 Å². The number of para-hydroxylation sites is 3. The molecule has 4 heteroatoms. The zero-order valence-corrected chi connectivity index (χ0v) is 22.2. The van der Waals surface area contributed by atoms with E-state index in [1.807, 2.05) is 18.2 Å². The van der Waals surface area contributed by atoms with Gasteiger partial charge in [0.05, 0.1) is 21.3 Å². The predicted molar refractivity (Wildman–Crippen MR) is 144 cm³/mol. The summed E-state index contributed by atoms with van der Waals surface area (Å²) in [4.78, 5) is 0. The normalized spacial score (nSPS) is 14.6. The van der Waals surface area contributed by atoms with Crippen LogP contribution in [0.5, 0.6) is 17.2 Å². The van der Waals surface area contributed by atoms with E-state index in [-0.39, 0.29) is 5.54 Å². The quantitative estimate of drug-likeness (QED) is 0.349. The first-order valence-electron chi connectivity index (χ1n) is 11.7. The molecule has 34 heavy (non-hydrogen) atoms. The molecule has 0 aliphatic heterocycles. The second-order valence-electron chi connectivity index (χ2n) is 8.96. The van der Waals surface area contributed by atoms with E-state index in [4.69, 9.17) is 14.2 Å². The summed E-state index contributed by atoms with van der Waals surface area (Å²) in [5, 5.41) is 3.66. The molecule has 0 amide bonds. The Bertz CT molecular complexity index is 1130. The summed E-state index contributed by atoms with van der Waals surface area (Å²) >= 11 is 0. The summed E-state index contributed by atoms with van der Waals surface area (Å²) in [6.07, 6.45) is 0. The first-order valence-corrected chi connectivity index (χ1v) is 13.8. The van der Waals surface area contributed by atoms with Crippen molar-refractivity contribution in [2.45, 2.75) is 33.2 Å². The fourth-order valence-corrected chi connectivity index (χ4v) is 12.1. The first kappa shape index (κ1) is 23.9. The molecule has 0 spiro atoms. The third-order valence-corrected chi connectivity index (χ3v) is 13.2. The highest BCUT2D eigenvalue weighted by atomic mass is 28.3. The van der Waals surface area contributed by atoms with Crippen molar-refractivity contribution in [1.29, 1.82) is 0 Å². The van der Waals surface area contributed by atoms with E-state index in [0.717, 1.165) is 17.2 Å². The van der Waals surface area contributed by atoms with Gasteiger partial charge >= 0.3 is 0 Å². The second-order valence-corrected chi connectivity index (χ2v) is 12.8. The van der Waals surface area contributed by atoms with Crippen molar-refractivity contribution >= 4 is 23.6 Å². The number of ether oxygens (including phenoxy) is 3. The molecule has 0 unspecified atom stereocenters. The first-order chi connectivity index (χ1) is 16.4. The molecule has 0 heterocycles. The SMILES string of the molecule is COc1ccccc1[Si](c1ccccc1OC)(c1ccccc1OC)C1C(C)=C(C)C(C)=C1C. The standard InChI is InChI=1S/C30H34O3Si/c1-20-21(2)23(4)30(22(20)3)34(27-17-11-8-14-24(27)31-5,28-18-12-9-15-25(28)32-6)29-19-13-10-16-26(29)33-7/h8-19,30H,1-7H3. The molecule has 0 aromatic heterocycles. The Kier molecular flexibility index (Phi) is 6.71. The number of hydrogen-bond acceptors (Lipinski definition) is 3. The second kappa shape index (κ2) is 9.55. The van der Waals surface area contributed by atoms with Gasteiger partial charge in [0.1, 0.15) is 17.2 Å². The average molecular weight is 471 g/mol. The lowest BCUT2D eigenvalue weighted by atomic mass is 10.1. The molecular formula is C30H34O3Si. The van der Waals surface area contributed by atoms with Crippen molar-refractivity contribution in [2.24, 2.45) is 0 Å². The predicted octanol–water partition coefficient (Wildman–Crippen LogP) is 5.24. The van der Waals surface area contributed by atoms with Gasteiger partial charge < -0.3 is 14.2 Å². The summed E-state index contributed by atoms with van der Waals surface area (Å²) in [5.74, 6) is 2.69. The lowest BCUT2D eigenvalue weighted by Gasteiger charge is -2.42. The number of benzene rings is 3. The van der Waals surface area contributed by atoms with Gasteiger partial charge in [-0.1, -0.05) is 65.7 Å². The molecule has 0 bridgehead atoms. The highest BCUT2D eigenvalue weighted by molar-refractivity contribution is 7.14. The maximum Gasteiger partial charge on any atom is 0.173 e. The molecule has 0 saturated heterocycles. The summed E-state index contributed by atoms with van der Waals surface area (Å²) < 4.78 is 18.1. The third-order valence-electron chi connectivity index (χ3n) is 7.64. The van der Waals surface area contributed by atoms with Crippen LogP contribution in [-0.4, -0.2) is 29.4 Å². The minimum Gasteiger partial charge on any atom is -0.497 e. The summed E-state index contributed by atoms with van der Waals surface area (Å²) in [6.45, 7) is 9.09. The van der Waals surface area contributed by atoms with Gasteiger partial charge in [-0.2, -0.15) is 0 Å². The van der Waals surface area contributed by atoms with Gasteiger partial charge in [-0.25, -0.2) is 0 Å². The Labute approximate surface area is 204 Å². The van der Waals surface area contributed by atoms with Gasteiger partial charge in [0, 0.05) is 5.54 Å². The largest absolute Gasteiger partial charge is 0.497 e. The molecule has 0 fully saturated rings. The zero-order chi connectivity index (χ0) is 24.5. The van der Waals surface area contributed by atoms with E-state index in [1.54, 1.807) is 21.3 Å². The molecule has 3 nitrogen and oxygen atoms in total. The molecular weight excluding hydrogens is 436 g/mol. The molecule has 1 aliphatic carbocycles. The van der Waals surface area contributed by atoms with E-state index in [9.17, 15) is 0 Å². The fraction of sp³-hybridized carbons (Fsp3) is 0.267. The number of allylic oxidation sites excluding steroid dienone is 4. The number of rotatable bonds is 7. The topological polar surface area (TPSA) is 27.7 Å². The Morgan fingerprint density at radius 2 is 0.794 bits per heavy atom. The average Bonchev–Trinajstić information content (AvgIpc) is 3.08. The van der Waals surface area contributed by atoms with Crippen LogP contribution in [0.2, 0.25) is 5.54 Å². The van der Waals surface area contributed by atoms with Crippen LogP contribution in [0.4, 0.5) is 0 Å². The molecule has 176 valence electrons. The van der Waals surface area contributed by atoms with Gasteiger partial charge in [-0.15, -0.1) is 0 Å². The van der Waals surface area contributed by atoms with Crippen LogP contribution < -0.4 is 29.8 Å². The van der Waals surface area contributed by atoms with Crippen LogP contribution >= 0.6 is 0 Å². The van der Waals surface area contributed by atoms with Crippen molar-refractivity contribution < 1.29 is 14.2 Å². The van der Waals surface area contributed by atoms with Crippen LogP contribution in [0.15, 0.2) is 95.1 Å². The van der Waals surface area contributed by atoms with Gasteiger partial charge in [0.25, 0.3) is 0 Å². The Morgan fingerprint density at radius 1 is 0.500 bits per heavy atom. The summed E-state index contributed by atoms with van der Waals surface area (Å²) in [6, 6.07) is 25.5. The Morgan fingerprint density at radius 3 is 1.09 bits per heavy atom. The third kappa shape index (κ3) is 3.48. The zero-order valence-electron chi connectivity index (χ0n) is 21.2. The molecule has 0 saturated carbocycles. The van der Waals surface area contributed by atoms with E-state index in [2.05, 4.69) is 82.3 Å². The van der Waals surface area contributed by atoms with Crippen molar-refractivity contribution in [3.63, 3.8) is 0 Å². The maximum atomic E-state index is 6.05. The van der Waals surface area contributed by atoms with Crippen molar-refractivity contribution in [1.82, 2.24) is 0 Å². The van der Waals surface area contributed by atoms with Crippen LogP contribution in [0.3, 0.4) is 0 Å². The van der Waals surface area contributed by atoms with E-state index in [1.165, 1.54) is 37.9 Å². The minimum atomic E-state index is -2.89. The summed E-state index contributed by atoms with van der Waals surface area (Å²) in [5.41, 5.74) is 5.75.